The molecule has 0 aliphatic carbocycles. The molecule has 1 aromatic heterocycles. The summed E-state index contributed by atoms with van der Waals surface area (Å²) in [5.41, 5.74) is 1.09. The summed E-state index contributed by atoms with van der Waals surface area (Å²) in [6.45, 7) is 8.11. The van der Waals surface area contributed by atoms with Crippen molar-refractivity contribution in [3.05, 3.63) is 30.3 Å². The van der Waals surface area contributed by atoms with E-state index in [1.807, 2.05) is 37.3 Å². The van der Waals surface area contributed by atoms with E-state index in [2.05, 4.69) is 46.2 Å². The standard InChI is InChI=1S/C16H20N4S.H2O/c1-4-20(5-2)12-11-13(3)17-16-19-18-15(21-16)14-9-7-6-8-10-14;/h6-10,13H,4-5H2,1-3H3,(H,17,19);1H2. The normalized spacial score (nSPS) is 10.9. The highest BCUT2D eigenvalue weighted by atomic mass is 32.1. The minimum Gasteiger partial charge on any atom is -0.412 e. The number of hydrogen-bond donors (Lipinski definition) is 1. The minimum absolute atomic E-state index is 0. The van der Waals surface area contributed by atoms with Crippen LogP contribution < -0.4 is 5.32 Å². The molecule has 1 atom stereocenters. The predicted octanol–water partition coefficient (Wildman–Crippen LogP) is 2.48. The molecule has 118 valence electrons. The summed E-state index contributed by atoms with van der Waals surface area (Å²) in [5, 5.41) is 13.4. The first kappa shape index (κ1) is 18.0. The molecule has 0 aliphatic heterocycles. The van der Waals surface area contributed by atoms with Gasteiger partial charge < -0.3 is 15.7 Å². The Morgan fingerprint density at radius 1 is 1.18 bits per heavy atom. The van der Waals surface area contributed by atoms with E-state index in [4.69, 9.17) is 0 Å². The molecule has 0 aliphatic rings. The quantitative estimate of drug-likeness (QED) is 0.679. The van der Waals surface area contributed by atoms with Crippen molar-refractivity contribution in [2.75, 3.05) is 18.4 Å². The third kappa shape index (κ3) is 5.02. The highest BCUT2D eigenvalue weighted by Crippen LogP contribution is 2.26. The third-order valence-corrected chi connectivity index (χ3v) is 3.89. The maximum atomic E-state index is 4.21. The first-order valence-corrected chi connectivity index (χ1v) is 7.96. The Hall–Kier alpha value is -2.10. The van der Waals surface area contributed by atoms with Gasteiger partial charge in [-0.25, -0.2) is 0 Å². The van der Waals surface area contributed by atoms with Crippen molar-refractivity contribution in [2.45, 2.75) is 26.8 Å². The summed E-state index contributed by atoms with van der Waals surface area (Å²) in [4.78, 5) is 2.08. The number of rotatable bonds is 5. The first-order chi connectivity index (χ1) is 10.2. The van der Waals surface area contributed by atoms with E-state index in [1.54, 1.807) is 11.3 Å². The van der Waals surface area contributed by atoms with Crippen molar-refractivity contribution in [1.82, 2.24) is 15.1 Å². The maximum Gasteiger partial charge on any atom is 0.206 e. The van der Waals surface area contributed by atoms with E-state index < -0.39 is 0 Å². The number of nitrogens with one attached hydrogen (secondary N) is 1. The van der Waals surface area contributed by atoms with Crippen LogP contribution in [0.2, 0.25) is 0 Å². The molecule has 5 nitrogen and oxygen atoms in total. The smallest absolute Gasteiger partial charge is 0.206 e. The fourth-order valence-electron chi connectivity index (χ4n) is 1.77. The lowest BCUT2D eigenvalue weighted by Gasteiger charge is -2.11. The highest BCUT2D eigenvalue weighted by molar-refractivity contribution is 7.18. The van der Waals surface area contributed by atoms with E-state index >= 15 is 0 Å². The van der Waals surface area contributed by atoms with Gasteiger partial charge in [-0.3, -0.25) is 0 Å². The molecule has 0 amide bonds. The van der Waals surface area contributed by atoms with Crippen molar-refractivity contribution >= 4 is 16.5 Å². The molecule has 0 radical (unpaired) electrons. The summed E-state index contributed by atoms with van der Waals surface area (Å²) in [6, 6.07) is 13.3. The molecule has 0 saturated heterocycles. The number of nitrogens with zero attached hydrogens (tertiary/aromatic N) is 3. The summed E-state index contributed by atoms with van der Waals surface area (Å²) >= 11 is 1.55. The van der Waals surface area contributed by atoms with Gasteiger partial charge >= 0.3 is 0 Å². The molecule has 2 rings (SSSR count). The molecular weight excluding hydrogens is 296 g/mol. The van der Waals surface area contributed by atoms with Crippen molar-refractivity contribution in [1.29, 1.82) is 0 Å². The maximum absolute atomic E-state index is 4.21. The summed E-state index contributed by atoms with van der Waals surface area (Å²) in [7, 11) is 0. The molecule has 22 heavy (non-hydrogen) atoms. The lowest BCUT2D eigenvalue weighted by molar-refractivity contribution is 0.443. The molecule has 1 unspecified atom stereocenters. The molecule has 0 spiro atoms. The molecule has 1 heterocycles. The Balaban J connectivity index is 0.00000242. The number of benzene rings is 1. The van der Waals surface area contributed by atoms with Crippen molar-refractivity contribution in [3.63, 3.8) is 0 Å². The SMILES string of the molecule is CCN(C#CC(C)Nc1nnc(-c2ccccc2)s1)CC.O. The van der Waals surface area contributed by atoms with Gasteiger partial charge in [-0.2, -0.15) is 0 Å². The van der Waals surface area contributed by atoms with Crippen molar-refractivity contribution in [3.8, 4) is 22.5 Å². The average Bonchev–Trinajstić information content (AvgIpc) is 2.97. The molecule has 2 aromatic rings. The molecule has 0 fully saturated rings. The van der Waals surface area contributed by atoms with E-state index in [0.29, 0.717) is 0 Å². The Morgan fingerprint density at radius 3 is 2.50 bits per heavy atom. The van der Waals surface area contributed by atoms with Gasteiger partial charge in [0.2, 0.25) is 5.13 Å². The molecule has 3 N–H and O–H groups in total. The van der Waals surface area contributed by atoms with Crippen LogP contribution in [0.15, 0.2) is 30.3 Å². The zero-order chi connectivity index (χ0) is 15.1. The van der Waals surface area contributed by atoms with Crippen LogP contribution in [0.4, 0.5) is 5.13 Å². The minimum atomic E-state index is 0. The van der Waals surface area contributed by atoms with Crippen LogP contribution in [0, 0.1) is 12.0 Å². The molecule has 0 bridgehead atoms. The molecule has 1 aromatic carbocycles. The fourth-order valence-corrected chi connectivity index (χ4v) is 2.61. The number of anilines is 1. The van der Waals surface area contributed by atoms with Crippen LogP contribution in [0.1, 0.15) is 20.8 Å². The van der Waals surface area contributed by atoms with E-state index in [1.165, 1.54) is 0 Å². The van der Waals surface area contributed by atoms with Crippen LogP contribution in [0.3, 0.4) is 0 Å². The summed E-state index contributed by atoms with van der Waals surface area (Å²) in [5.74, 6) is 3.19. The van der Waals surface area contributed by atoms with Crippen LogP contribution in [-0.4, -0.2) is 39.7 Å². The Bertz CT molecular complexity index is 614. The van der Waals surface area contributed by atoms with Gasteiger partial charge in [0.15, 0.2) is 0 Å². The monoisotopic (exact) mass is 318 g/mol. The van der Waals surface area contributed by atoms with E-state index in [0.717, 1.165) is 28.8 Å². The first-order valence-electron chi connectivity index (χ1n) is 7.14. The highest BCUT2D eigenvalue weighted by Gasteiger charge is 2.07. The van der Waals surface area contributed by atoms with Gasteiger partial charge in [0, 0.05) is 24.7 Å². The Kier molecular flexibility index (Phi) is 7.37. The zero-order valence-electron chi connectivity index (χ0n) is 13.1. The van der Waals surface area contributed by atoms with Gasteiger partial charge in [0.25, 0.3) is 0 Å². The summed E-state index contributed by atoms with van der Waals surface area (Å²) in [6.07, 6.45) is 0. The number of hydrogen-bond acceptors (Lipinski definition) is 5. The molecule has 6 heteroatoms. The molecular formula is C16H22N4OS. The predicted molar refractivity (Wildman–Crippen MR) is 92.7 cm³/mol. The lowest BCUT2D eigenvalue weighted by atomic mass is 10.2. The van der Waals surface area contributed by atoms with Crippen molar-refractivity contribution in [2.24, 2.45) is 0 Å². The van der Waals surface area contributed by atoms with Gasteiger partial charge in [-0.05, 0) is 20.8 Å². The second-order valence-electron chi connectivity index (χ2n) is 4.57. The van der Waals surface area contributed by atoms with Gasteiger partial charge in [-0.15, -0.1) is 10.2 Å². The van der Waals surface area contributed by atoms with Gasteiger partial charge in [-0.1, -0.05) is 47.6 Å². The van der Waals surface area contributed by atoms with E-state index in [-0.39, 0.29) is 11.5 Å². The third-order valence-electron chi connectivity index (χ3n) is 2.99. The fraction of sp³-hybridized carbons (Fsp3) is 0.375. The second kappa shape index (κ2) is 9.03. The lowest BCUT2D eigenvalue weighted by Crippen LogP contribution is -2.18. The Morgan fingerprint density at radius 2 is 1.86 bits per heavy atom. The zero-order valence-corrected chi connectivity index (χ0v) is 13.9. The average molecular weight is 318 g/mol. The molecule has 0 saturated carbocycles. The topological polar surface area (TPSA) is 72.5 Å². The van der Waals surface area contributed by atoms with E-state index in [9.17, 15) is 0 Å². The van der Waals surface area contributed by atoms with Crippen LogP contribution >= 0.6 is 11.3 Å². The van der Waals surface area contributed by atoms with Crippen LogP contribution in [0.25, 0.3) is 10.6 Å². The van der Waals surface area contributed by atoms with Crippen LogP contribution in [-0.2, 0) is 0 Å². The van der Waals surface area contributed by atoms with Gasteiger partial charge in [0.1, 0.15) is 5.01 Å². The largest absolute Gasteiger partial charge is 0.412 e. The second-order valence-corrected chi connectivity index (χ2v) is 5.55. The van der Waals surface area contributed by atoms with Gasteiger partial charge in [0.05, 0.1) is 6.04 Å². The summed E-state index contributed by atoms with van der Waals surface area (Å²) < 4.78 is 0. The van der Waals surface area contributed by atoms with Crippen LogP contribution in [0.5, 0.6) is 0 Å². The number of aromatic nitrogens is 2. The Labute approximate surface area is 135 Å². The van der Waals surface area contributed by atoms with Crippen molar-refractivity contribution < 1.29 is 5.48 Å².